The smallest absolute Gasteiger partial charge is 0.266 e. The van der Waals surface area contributed by atoms with Crippen molar-refractivity contribution in [2.24, 2.45) is 0 Å². The molecule has 1 N–H and O–H groups in total. The number of nitrogens with zero attached hydrogens (tertiary/aromatic N) is 3. The molecule has 0 saturated heterocycles. The molecule has 8 heteroatoms. The van der Waals surface area contributed by atoms with Crippen molar-refractivity contribution in [1.29, 1.82) is 5.26 Å². The van der Waals surface area contributed by atoms with Gasteiger partial charge in [-0.05, 0) is 30.3 Å². The lowest BCUT2D eigenvalue weighted by Crippen LogP contribution is -2.34. The second-order valence-corrected chi connectivity index (χ2v) is 5.50. The molecular weight excluding hydrogens is 348 g/mol. The Labute approximate surface area is 154 Å². The van der Waals surface area contributed by atoms with Gasteiger partial charge in [0.15, 0.2) is 12.4 Å². The van der Waals surface area contributed by atoms with Gasteiger partial charge in [-0.25, -0.2) is 4.68 Å². The van der Waals surface area contributed by atoms with Crippen LogP contribution in [0.1, 0.15) is 5.56 Å². The van der Waals surface area contributed by atoms with Crippen LogP contribution in [0.2, 0.25) is 0 Å². The normalized spacial score (nSPS) is 10.2. The van der Waals surface area contributed by atoms with E-state index in [4.69, 9.17) is 14.4 Å². The second kappa shape index (κ2) is 8.49. The minimum atomic E-state index is -0.363. The Morgan fingerprint density at radius 2 is 2.07 bits per heavy atom. The van der Waals surface area contributed by atoms with E-state index in [2.05, 4.69) is 10.4 Å². The molecule has 0 aliphatic heterocycles. The minimum Gasteiger partial charge on any atom is -0.482 e. The molecule has 1 amide bonds. The Balaban J connectivity index is 1.52. The fraction of sp³-hybridized carbons (Fsp3) is 0.158. The summed E-state index contributed by atoms with van der Waals surface area (Å²) >= 11 is 0. The van der Waals surface area contributed by atoms with Crippen LogP contribution in [0.25, 0.3) is 11.5 Å². The van der Waals surface area contributed by atoms with Crippen LogP contribution in [0.15, 0.2) is 64.0 Å². The lowest BCUT2D eigenvalue weighted by molar-refractivity contribution is -0.123. The zero-order chi connectivity index (χ0) is 19.1. The third kappa shape index (κ3) is 4.61. The van der Waals surface area contributed by atoms with Crippen LogP contribution in [-0.2, 0) is 11.3 Å². The fourth-order valence-electron chi connectivity index (χ4n) is 2.35. The second-order valence-electron chi connectivity index (χ2n) is 5.50. The molecule has 0 radical (unpaired) electrons. The van der Waals surface area contributed by atoms with Crippen molar-refractivity contribution in [3.05, 3.63) is 70.7 Å². The minimum absolute atomic E-state index is 0.202. The highest BCUT2D eigenvalue weighted by Crippen LogP contribution is 2.16. The van der Waals surface area contributed by atoms with Crippen molar-refractivity contribution in [2.45, 2.75) is 6.54 Å². The predicted octanol–water partition coefficient (Wildman–Crippen LogP) is 1.57. The van der Waals surface area contributed by atoms with Crippen molar-refractivity contribution < 1.29 is 13.9 Å². The first kappa shape index (κ1) is 17.9. The first-order chi connectivity index (χ1) is 13.2. The summed E-state index contributed by atoms with van der Waals surface area (Å²) in [4.78, 5) is 23.8. The molecule has 0 bridgehead atoms. The maximum Gasteiger partial charge on any atom is 0.266 e. The molecule has 0 spiro atoms. The van der Waals surface area contributed by atoms with Crippen LogP contribution < -0.4 is 15.6 Å². The average molecular weight is 364 g/mol. The highest BCUT2D eigenvalue weighted by atomic mass is 16.5. The highest BCUT2D eigenvalue weighted by molar-refractivity contribution is 5.77. The van der Waals surface area contributed by atoms with Gasteiger partial charge in [0.25, 0.3) is 11.5 Å². The molecule has 2 heterocycles. The van der Waals surface area contributed by atoms with Crippen molar-refractivity contribution in [3.8, 4) is 23.3 Å². The zero-order valence-corrected chi connectivity index (χ0v) is 14.3. The van der Waals surface area contributed by atoms with Crippen LogP contribution in [0.3, 0.4) is 0 Å². The number of nitriles is 1. The number of aromatic nitrogens is 2. The van der Waals surface area contributed by atoms with E-state index < -0.39 is 0 Å². The molecule has 27 heavy (non-hydrogen) atoms. The van der Waals surface area contributed by atoms with Crippen molar-refractivity contribution in [1.82, 2.24) is 15.1 Å². The average Bonchev–Trinajstić information content (AvgIpc) is 3.23. The first-order valence-electron chi connectivity index (χ1n) is 8.18. The van der Waals surface area contributed by atoms with Gasteiger partial charge in [0.2, 0.25) is 0 Å². The third-order valence-corrected chi connectivity index (χ3v) is 3.65. The zero-order valence-electron chi connectivity index (χ0n) is 14.3. The molecule has 136 valence electrons. The fourth-order valence-corrected chi connectivity index (χ4v) is 2.35. The number of rotatable bonds is 7. The van der Waals surface area contributed by atoms with Crippen LogP contribution >= 0.6 is 0 Å². The number of carbonyl (C=O) groups excluding carboxylic acids is 1. The molecule has 8 nitrogen and oxygen atoms in total. The Kier molecular flexibility index (Phi) is 5.64. The van der Waals surface area contributed by atoms with Crippen LogP contribution in [-0.4, -0.2) is 28.8 Å². The van der Waals surface area contributed by atoms with E-state index in [1.54, 1.807) is 42.5 Å². The SMILES string of the molecule is N#Cc1ccccc1OCC(=O)NCCn1nc(-c2ccco2)ccc1=O. The van der Waals surface area contributed by atoms with Gasteiger partial charge < -0.3 is 14.5 Å². The molecule has 1 aromatic carbocycles. The number of carbonyl (C=O) groups is 1. The van der Waals surface area contributed by atoms with Crippen molar-refractivity contribution in [3.63, 3.8) is 0 Å². The summed E-state index contributed by atoms with van der Waals surface area (Å²) < 4.78 is 11.9. The predicted molar refractivity (Wildman–Crippen MR) is 95.9 cm³/mol. The molecule has 3 aromatic rings. The summed E-state index contributed by atoms with van der Waals surface area (Å²) in [6.45, 7) is 0.179. The van der Waals surface area contributed by atoms with Gasteiger partial charge in [-0.2, -0.15) is 10.4 Å². The van der Waals surface area contributed by atoms with Gasteiger partial charge in [0.05, 0.1) is 18.4 Å². The number of hydrogen-bond donors (Lipinski definition) is 1. The van der Waals surface area contributed by atoms with Gasteiger partial charge in [-0.1, -0.05) is 12.1 Å². The summed E-state index contributed by atoms with van der Waals surface area (Å²) in [5, 5.41) is 15.9. The molecule has 2 aromatic heterocycles. The number of furan rings is 1. The lowest BCUT2D eigenvalue weighted by Gasteiger charge is -2.09. The Bertz CT molecular complexity index is 1020. The van der Waals surface area contributed by atoms with Crippen molar-refractivity contribution in [2.75, 3.05) is 13.2 Å². The number of hydrogen-bond acceptors (Lipinski definition) is 6. The number of para-hydroxylation sites is 1. The van der Waals surface area contributed by atoms with Gasteiger partial charge in [0, 0.05) is 12.6 Å². The summed E-state index contributed by atoms with van der Waals surface area (Å²) in [7, 11) is 0. The number of ether oxygens (including phenoxy) is 1. The molecular formula is C19H16N4O4. The van der Waals surface area contributed by atoms with E-state index in [0.29, 0.717) is 22.8 Å². The summed E-state index contributed by atoms with van der Waals surface area (Å²) in [5.74, 6) is 0.537. The molecule has 0 aliphatic carbocycles. The highest BCUT2D eigenvalue weighted by Gasteiger charge is 2.08. The Morgan fingerprint density at radius 1 is 1.22 bits per heavy atom. The first-order valence-corrected chi connectivity index (χ1v) is 8.18. The summed E-state index contributed by atoms with van der Waals surface area (Å²) in [6, 6.07) is 15.1. The quantitative estimate of drug-likeness (QED) is 0.681. The lowest BCUT2D eigenvalue weighted by atomic mass is 10.2. The summed E-state index contributed by atoms with van der Waals surface area (Å²) in [5.41, 5.74) is 0.608. The van der Waals surface area contributed by atoms with Crippen LogP contribution in [0.5, 0.6) is 5.75 Å². The topological polar surface area (TPSA) is 110 Å². The number of nitrogens with one attached hydrogen (secondary N) is 1. The molecule has 0 atom stereocenters. The number of amides is 1. The molecule has 0 unspecified atom stereocenters. The van der Waals surface area contributed by atoms with E-state index >= 15 is 0 Å². The molecule has 0 fully saturated rings. The maximum absolute atomic E-state index is 11.9. The van der Waals surface area contributed by atoms with Gasteiger partial charge >= 0.3 is 0 Å². The van der Waals surface area contributed by atoms with Crippen molar-refractivity contribution >= 4 is 5.91 Å². The molecule has 0 saturated carbocycles. The van der Waals surface area contributed by atoms with E-state index in [-0.39, 0.29) is 31.2 Å². The van der Waals surface area contributed by atoms with Gasteiger partial charge in [0.1, 0.15) is 17.5 Å². The monoisotopic (exact) mass is 364 g/mol. The van der Waals surface area contributed by atoms with E-state index in [1.807, 2.05) is 6.07 Å². The van der Waals surface area contributed by atoms with E-state index in [9.17, 15) is 9.59 Å². The third-order valence-electron chi connectivity index (χ3n) is 3.65. The van der Waals surface area contributed by atoms with E-state index in [0.717, 1.165) is 0 Å². The largest absolute Gasteiger partial charge is 0.482 e. The number of benzene rings is 1. The van der Waals surface area contributed by atoms with Gasteiger partial charge in [-0.3, -0.25) is 9.59 Å². The van der Waals surface area contributed by atoms with Gasteiger partial charge in [-0.15, -0.1) is 0 Å². The maximum atomic E-state index is 11.9. The summed E-state index contributed by atoms with van der Waals surface area (Å²) in [6.07, 6.45) is 1.52. The van der Waals surface area contributed by atoms with Crippen LogP contribution in [0, 0.1) is 11.3 Å². The molecule has 0 aliphatic rings. The van der Waals surface area contributed by atoms with E-state index in [1.165, 1.54) is 17.0 Å². The Morgan fingerprint density at radius 3 is 2.85 bits per heavy atom. The van der Waals surface area contributed by atoms with Crippen LogP contribution in [0.4, 0.5) is 0 Å². The Hall–Kier alpha value is -3.86. The standard InChI is InChI=1S/C19H16N4O4/c20-12-14-4-1-2-5-16(14)27-13-18(24)21-9-10-23-19(25)8-7-15(22-23)17-6-3-11-26-17/h1-8,11H,9-10,13H2,(H,21,24). The molecule has 3 rings (SSSR count).